The third-order valence-corrected chi connectivity index (χ3v) is 4.79. The zero-order valence-electron chi connectivity index (χ0n) is 12.0. The molecule has 0 atom stereocenters. The molecule has 3 nitrogen and oxygen atoms in total. The number of carboxylic acids is 1. The number of halogens is 1. The van der Waals surface area contributed by atoms with E-state index >= 15 is 0 Å². The van der Waals surface area contributed by atoms with Crippen molar-refractivity contribution in [2.45, 2.75) is 25.2 Å². The van der Waals surface area contributed by atoms with E-state index in [1.165, 1.54) is 17.8 Å². The molecule has 1 aromatic carbocycles. The van der Waals surface area contributed by atoms with Crippen molar-refractivity contribution in [2.24, 2.45) is 5.92 Å². The normalized spacial score (nSPS) is 11.1. The minimum atomic E-state index is -1.00. The minimum Gasteiger partial charge on any atom is -0.477 e. The van der Waals surface area contributed by atoms with Crippen molar-refractivity contribution < 1.29 is 14.3 Å². The van der Waals surface area contributed by atoms with Crippen molar-refractivity contribution in [2.75, 3.05) is 6.26 Å². The van der Waals surface area contributed by atoms with Gasteiger partial charge in [0.15, 0.2) is 0 Å². The first-order valence-electron chi connectivity index (χ1n) is 6.50. The largest absolute Gasteiger partial charge is 0.477 e. The van der Waals surface area contributed by atoms with Crippen molar-refractivity contribution in [1.29, 1.82) is 0 Å². The quantitative estimate of drug-likeness (QED) is 0.818. The molecular weight excluding hydrogens is 309 g/mol. The average molecular weight is 325 g/mol. The standard InChI is InChI=1S/C15H16FNO2S2/c1-8(2)7-10-13(15(18)19)21-14(17-10)12-9(16)5-4-6-11(12)20-3/h4-6,8H,7H2,1-3H3,(H,18,19). The summed E-state index contributed by atoms with van der Waals surface area (Å²) in [5, 5.41) is 9.74. The Bertz CT molecular complexity index is 668. The number of benzene rings is 1. The van der Waals surface area contributed by atoms with E-state index in [1.807, 2.05) is 26.2 Å². The molecule has 2 aromatic rings. The fourth-order valence-corrected chi connectivity index (χ4v) is 3.70. The number of hydrogen-bond donors (Lipinski definition) is 1. The number of aromatic carboxylic acids is 1. The second-order valence-electron chi connectivity index (χ2n) is 5.02. The molecule has 21 heavy (non-hydrogen) atoms. The Kier molecular flexibility index (Phi) is 5.00. The zero-order valence-corrected chi connectivity index (χ0v) is 13.6. The van der Waals surface area contributed by atoms with Gasteiger partial charge in [0, 0.05) is 4.90 Å². The van der Waals surface area contributed by atoms with E-state index < -0.39 is 5.97 Å². The first-order chi connectivity index (χ1) is 9.93. The zero-order chi connectivity index (χ0) is 15.6. The smallest absolute Gasteiger partial charge is 0.347 e. The molecule has 0 fully saturated rings. The van der Waals surface area contributed by atoms with Gasteiger partial charge < -0.3 is 5.11 Å². The summed E-state index contributed by atoms with van der Waals surface area (Å²) in [4.78, 5) is 16.7. The Hall–Kier alpha value is -1.40. The third kappa shape index (κ3) is 3.44. The van der Waals surface area contributed by atoms with Crippen LogP contribution >= 0.6 is 23.1 Å². The van der Waals surface area contributed by atoms with Gasteiger partial charge >= 0.3 is 5.97 Å². The first kappa shape index (κ1) is 16.0. The SMILES string of the molecule is CSc1cccc(F)c1-c1nc(CC(C)C)c(C(=O)O)s1. The highest BCUT2D eigenvalue weighted by atomic mass is 32.2. The van der Waals surface area contributed by atoms with Crippen LogP contribution in [0.15, 0.2) is 23.1 Å². The maximum Gasteiger partial charge on any atom is 0.347 e. The van der Waals surface area contributed by atoms with Crippen LogP contribution in [0.5, 0.6) is 0 Å². The van der Waals surface area contributed by atoms with E-state index in [4.69, 9.17) is 0 Å². The van der Waals surface area contributed by atoms with E-state index in [2.05, 4.69) is 4.98 Å². The lowest BCUT2D eigenvalue weighted by Crippen LogP contribution is -2.02. The highest BCUT2D eigenvalue weighted by molar-refractivity contribution is 7.98. The molecule has 0 saturated carbocycles. The molecule has 0 radical (unpaired) electrons. The van der Waals surface area contributed by atoms with Crippen LogP contribution in [0.1, 0.15) is 29.2 Å². The van der Waals surface area contributed by atoms with Crippen LogP contribution in [0.4, 0.5) is 4.39 Å². The van der Waals surface area contributed by atoms with Gasteiger partial charge in [-0.15, -0.1) is 23.1 Å². The number of aromatic nitrogens is 1. The molecule has 6 heteroatoms. The number of rotatable bonds is 5. The minimum absolute atomic E-state index is 0.203. The Morgan fingerprint density at radius 3 is 2.76 bits per heavy atom. The summed E-state index contributed by atoms with van der Waals surface area (Å²) >= 11 is 2.46. The maximum atomic E-state index is 14.1. The van der Waals surface area contributed by atoms with Gasteiger partial charge in [0.2, 0.25) is 0 Å². The van der Waals surface area contributed by atoms with Gasteiger partial charge in [-0.2, -0.15) is 0 Å². The van der Waals surface area contributed by atoms with E-state index in [-0.39, 0.29) is 10.7 Å². The van der Waals surface area contributed by atoms with Gasteiger partial charge in [-0.05, 0) is 30.7 Å². The van der Waals surface area contributed by atoms with Crippen molar-refractivity contribution in [1.82, 2.24) is 4.98 Å². The number of carboxylic acid groups (broad SMARTS) is 1. The van der Waals surface area contributed by atoms with E-state index in [9.17, 15) is 14.3 Å². The van der Waals surface area contributed by atoms with E-state index in [0.717, 1.165) is 16.2 Å². The number of carbonyl (C=O) groups is 1. The van der Waals surface area contributed by atoms with Crippen LogP contribution in [-0.2, 0) is 6.42 Å². The molecule has 0 spiro atoms. The fourth-order valence-electron chi connectivity index (χ4n) is 2.03. The predicted molar refractivity (Wildman–Crippen MR) is 84.8 cm³/mol. The van der Waals surface area contributed by atoms with Crippen LogP contribution in [0, 0.1) is 11.7 Å². The lowest BCUT2D eigenvalue weighted by atomic mass is 10.1. The number of thioether (sulfide) groups is 1. The molecule has 0 saturated heterocycles. The van der Waals surface area contributed by atoms with E-state index in [0.29, 0.717) is 28.6 Å². The van der Waals surface area contributed by atoms with Gasteiger partial charge in [0.05, 0.1) is 11.3 Å². The lowest BCUT2D eigenvalue weighted by molar-refractivity contribution is 0.0700. The number of nitrogens with zero attached hydrogens (tertiary/aromatic N) is 1. The molecule has 1 heterocycles. The highest BCUT2D eigenvalue weighted by Gasteiger charge is 2.22. The Labute approximate surface area is 131 Å². The van der Waals surface area contributed by atoms with Crippen molar-refractivity contribution in [3.63, 3.8) is 0 Å². The van der Waals surface area contributed by atoms with Crippen molar-refractivity contribution >= 4 is 29.1 Å². The van der Waals surface area contributed by atoms with Crippen LogP contribution in [0.3, 0.4) is 0 Å². The summed E-state index contributed by atoms with van der Waals surface area (Å²) in [6.07, 6.45) is 2.43. The maximum absolute atomic E-state index is 14.1. The van der Waals surface area contributed by atoms with Crippen molar-refractivity contribution in [3.05, 3.63) is 34.6 Å². The molecule has 0 aliphatic heterocycles. The summed E-state index contributed by atoms with van der Waals surface area (Å²) < 4.78 is 14.1. The summed E-state index contributed by atoms with van der Waals surface area (Å²) in [6, 6.07) is 4.83. The summed E-state index contributed by atoms with van der Waals surface area (Å²) in [7, 11) is 0. The second-order valence-corrected chi connectivity index (χ2v) is 6.86. The molecule has 0 amide bonds. The summed E-state index contributed by atoms with van der Waals surface area (Å²) in [6.45, 7) is 4.00. The lowest BCUT2D eigenvalue weighted by Gasteiger charge is -2.05. The van der Waals surface area contributed by atoms with Crippen LogP contribution in [-0.4, -0.2) is 22.3 Å². The van der Waals surface area contributed by atoms with Gasteiger partial charge in [0.1, 0.15) is 15.7 Å². The molecule has 1 aromatic heterocycles. The third-order valence-electron chi connectivity index (χ3n) is 2.90. The Morgan fingerprint density at radius 2 is 2.19 bits per heavy atom. The molecule has 112 valence electrons. The molecule has 0 aliphatic carbocycles. The summed E-state index contributed by atoms with van der Waals surface area (Å²) in [5.41, 5.74) is 0.931. The highest BCUT2D eigenvalue weighted by Crippen LogP contribution is 2.36. The number of hydrogen-bond acceptors (Lipinski definition) is 4. The van der Waals surface area contributed by atoms with Crippen LogP contribution in [0.2, 0.25) is 0 Å². The predicted octanol–water partition coefficient (Wildman–Crippen LogP) is 4.57. The molecule has 0 bridgehead atoms. The van der Waals surface area contributed by atoms with Crippen LogP contribution < -0.4 is 0 Å². The Balaban J connectivity index is 2.58. The fraction of sp³-hybridized carbons (Fsp3) is 0.333. The van der Waals surface area contributed by atoms with Crippen LogP contribution in [0.25, 0.3) is 10.6 Å². The van der Waals surface area contributed by atoms with E-state index in [1.54, 1.807) is 6.07 Å². The van der Waals surface area contributed by atoms with Gasteiger partial charge in [-0.25, -0.2) is 14.2 Å². The monoisotopic (exact) mass is 325 g/mol. The molecule has 2 rings (SSSR count). The number of thiazole rings is 1. The van der Waals surface area contributed by atoms with Gasteiger partial charge in [0.25, 0.3) is 0 Å². The molecular formula is C15H16FNO2S2. The Morgan fingerprint density at radius 1 is 1.48 bits per heavy atom. The first-order valence-corrected chi connectivity index (χ1v) is 8.54. The molecule has 0 aliphatic rings. The van der Waals surface area contributed by atoms with Gasteiger partial charge in [-0.3, -0.25) is 0 Å². The summed E-state index contributed by atoms with van der Waals surface area (Å²) in [5.74, 6) is -1.08. The topological polar surface area (TPSA) is 50.2 Å². The van der Waals surface area contributed by atoms with Crippen molar-refractivity contribution in [3.8, 4) is 10.6 Å². The average Bonchev–Trinajstić information content (AvgIpc) is 2.81. The second kappa shape index (κ2) is 6.58. The molecule has 1 N–H and O–H groups in total. The van der Waals surface area contributed by atoms with Gasteiger partial charge in [-0.1, -0.05) is 19.9 Å². The molecule has 0 unspecified atom stereocenters.